The molecule has 23 heavy (non-hydrogen) atoms. The number of rotatable bonds is 1. The van der Waals surface area contributed by atoms with Gasteiger partial charge in [0.25, 0.3) is 0 Å². The zero-order valence-electron chi connectivity index (χ0n) is 12.5. The molecule has 6 heteroatoms. The van der Waals surface area contributed by atoms with Gasteiger partial charge in [0.05, 0.1) is 29.9 Å². The van der Waals surface area contributed by atoms with Crippen molar-refractivity contribution in [3.8, 4) is 0 Å². The maximum atomic E-state index is 12.5. The number of carbonyl (C=O) groups is 1. The number of ether oxygens (including phenoxy) is 1. The quantitative estimate of drug-likeness (QED) is 0.702. The Bertz CT molecular complexity index is 875. The summed E-state index contributed by atoms with van der Waals surface area (Å²) in [5.41, 5.74) is 2.29. The Morgan fingerprint density at radius 2 is 1.83 bits per heavy atom. The van der Waals surface area contributed by atoms with Gasteiger partial charge in [-0.2, -0.15) is 0 Å². The van der Waals surface area contributed by atoms with Crippen LogP contribution in [0.3, 0.4) is 0 Å². The molecule has 1 aromatic carbocycles. The number of hydrogen-bond donors (Lipinski definition) is 1. The van der Waals surface area contributed by atoms with Gasteiger partial charge in [0.2, 0.25) is 0 Å². The Kier molecular flexibility index (Phi) is 3.51. The lowest BCUT2D eigenvalue weighted by Gasteiger charge is -2.27. The summed E-state index contributed by atoms with van der Waals surface area (Å²) in [5.74, 6) is 0. The third kappa shape index (κ3) is 2.57. The van der Waals surface area contributed by atoms with Gasteiger partial charge in [0, 0.05) is 36.3 Å². The molecule has 116 valence electrons. The summed E-state index contributed by atoms with van der Waals surface area (Å²) in [4.78, 5) is 23.1. The van der Waals surface area contributed by atoms with Crippen molar-refractivity contribution in [2.45, 2.75) is 0 Å². The predicted octanol–water partition coefficient (Wildman–Crippen LogP) is 2.65. The van der Waals surface area contributed by atoms with E-state index in [0.29, 0.717) is 32.0 Å². The number of hydrogen-bond acceptors (Lipinski definition) is 4. The van der Waals surface area contributed by atoms with Gasteiger partial charge in [0.1, 0.15) is 0 Å². The molecule has 1 aliphatic heterocycles. The first kappa shape index (κ1) is 13.9. The van der Waals surface area contributed by atoms with E-state index in [2.05, 4.69) is 15.3 Å². The highest BCUT2D eigenvalue weighted by Gasteiger charge is 2.18. The molecule has 0 radical (unpaired) electrons. The van der Waals surface area contributed by atoms with Gasteiger partial charge in [-0.15, -0.1) is 0 Å². The number of benzene rings is 1. The second-order valence-corrected chi connectivity index (χ2v) is 5.42. The van der Waals surface area contributed by atoms with Gasteiger partial charge in [-0.3, -0.25) is 9.97 Å². The largest absolute Gasteiger partial charge is 0.378 e. The fourth-order valence-corrected chi connectivity index (χ4v) is 2.86. The highest BCUT2D eigenvalue weighted by Crippen LogP contribution is 2.29. The van der Waals surface area contributed by atoms with Crippen LogP contribution in [0.1, 0.15) is 0 Å². The normalized spacial score (nSPS) is 15.0. The lowest BCUT2D eigenvalue weighted by molar-refractivity contribution is 0.0565. The molecule has 4 rings (SSSR count). The van der Waals surface area contributed by atoms with Crippen LogP contribution in [0.25, 0.3) is 21.8 Å². The van der Waals surface area contributed by atoms with Crippen molar-refractivity contribution in [1.82, 2.24) is 14.9 Å². The second-order valence-electron chi connectivity index (χ2n) is 5.42. The number of pyridine rings is 2. The van der Waals surface area contributed by atoms with Crippen LogP contribution in [0.15, 0.2) is 42.7 Å². The van der Waals surface area contributed by atoms with Crippen LogP contribution in [0.4, 0.5) is 10.5 Å². The molecule has 0 saturated carbocycles. The summed E-state index contributed by atoms with van der Waals surface area (Å²) in [6.45, 7) is 2.35. The molecule has 2 aromatic heterocycles. The smallest absolute Gasteiger partial charge is 0.322 e. The molecule has 0 aliphatic carbocycles. The van der Waals surface area contributed by atoms with E-state index in [-0.39, 0.29) is 6.03 Å². The maximum Gasteiger partial charge on any atom is 0.322 e. The van der Waals surface area contributed by atoms with Crippen molar-refractivity contribution in [3.63, 3.8) is 0 Å². The van der Waals surface area contributed by atoms with Crippen molar-refractivity contribution in [2.24, 2.45) is 0 Å². The van der Waals surface area contributed by atoms with Crippen molar-refractivity contribution in [2.75, 3.05) is 31.6 Å². The van der Waals surface area contributed by atoms with E-state index in [9.17, 15) is 4.79 Å². The summed E-state index contributed by atoms with van der Waals surface area (Å²) in [6, 6.07) is 9.55. The van der Waals surface area contributed by atoms with Gasteiger partial charge < -0.3 is 15.0 Å². The number of carbonyl (C=O) groups excluding carboxylic acids is 1. The third-order valence-corrected chi connectivity index (χ3v) is 4.01. The molecular weight excluding hydrogens is 292 g/mol. The minimum atomic E-state index is -0.129. The molecule has 2 amide bonds. The molecule has 1 N–H and O–H groups in total. The van der Waals surface area contributed by atoms with Gasteiger partial charge >= 0.3 is 6.03 Å². The molecule has 1 saturated heterocycles. The monoisotopic (exact) mass is 308 g/mol. The van der Waals surface area contributed by atoms with Crippen molar-refractivity contribution in [3.05, 3.63) is 42.7 Å². The van der Waals surface area contributed by atoms with Crippen LogP contribution in [-0.4, -0.2) is 47.2 Å². The zero-order valence-corrected chi connectivity index (χ0v) is 12.5. The number of nitrogens with zero attached hydrogens (tertiary/aromatic N) is 3. The first-order valence-corrected chi connectivity index (χ1v) is 7.59. The van der Waals surface area contributed by atoms with Crippen molar-refractivity contribution in [1.29, 1.82) is 0 Å². The van der Waals surface area contributed by atoms with Crippen LogP contribution in [-0.2, 0) is 4.74 Å². The molecule has 3 heterocycles. The molecular formula is C17H16N4O2. The highest BCUT2D eigenvalue weighted by atomic mass is 16.5. The fraction of sp³-hybridized carbons (Fsp3) is 0.235. The highest BCUT2D eigenvalue weighted by molar-refractivity contribution is 6.12. The first-order chi connectivity index (χ1) is 11.3. The molecule has 1 aliphatic rings. The van der Waals surface area contributed by atoms with Gasteiger partial charge in [-0.1, -0.05) is 12.1 Å². The van der Waals surface area contributed by atoms with E-state index >= 15 is 0 Å². The molecule has 0 spiro atoms. The fourth-order valence-electron chi connectivity index (χ4n) is 2.86. The second kappa shape index (κ2) is 5.81. The van der Waals surface area contributed by atoms with Crippen LogP contribution < -0.4 is 5.32 Å². The Labute approximate surface area is 133 Å². The third-order valence-electron chi connectivity index (χ3n) is 4.01. The summed E-state index contributed by atoms with van der Waals surface area (Å²) in [7, 11) is 0. The number of fused-ring (bicyclic) bond motifs is 3. The molecule has 0 bridgehead atoms. The van der Waals surface area contributed by atoms with Crippen molar-refractivity contribution < 1.29 is 9.53 Å². The van der Waals surface area contributed by atoms with Gasteiger partial charge in [-0.25, -0.2) is 4.79 Å². The van der Waals surface area contributed by atoms with E-state index in [4.69, 9.17) is 4.74 Å². The summed E-state index contributed by atoms with van der Waals surface area (Å²) >= 11 is 0. The van der Waals surface area contributed by atoms with Crippen molar-refractivity contribution >= 4 is 33.5 Å². The van der Waals surface area contributed by atoms with E-state index in [1.54, 1.807) is 17.3 Å². The first-order valence-electron chi connectivity index (χ1n) is 7.59. The average molecular weight is 308 g/mol. The minimum absolute atomic E-state index is 0.129. The standard InChI is InChI=1S/C17H16N4O2/c22-17(21-7-9-23-10-8-21)20-15-11-14-12(3-1-5-18-14)13-4-2-6-19-16(13)15/h1-6,11H,7-10H2,(H,20,22). The summed E-state index contributed by atoms with van der Waals surface area (Å²) in [6.07, 6.45) is 3.48. The van der Waals surface area contributed by atoms with E-state index in [1.165, 1.54) is 0 Å². The number of nitrogens with one attached hydrogen (secondary N) is 1. The zero-order chi connectivity index (χ0) is 15.6. The number of urea groups is 1. The average Bonchev–Trinajstić information content (AvgIpc) is 2.62. The number of amides is 2. The number of morpholine rings is 1. The Morgan fingerprint density at radius 1 is 1.09 bits per heavy atom. The van der Waals surface area contributed by atoms with Crippen LogP contribution in [0.2, 0.25) is 0 Å². The van der Waals surface area contributed by atoms with Crippen LogP contribution in [0.5, 0.6) is 0 Å². The van der Waals surface area contributed by atoms with Gasteiger partial charge in [-0.05, 0) is 18.2 Å². The van der Waals surface area contributed by atoms with Crippen LogP contribution in [0, 0.1) is 0 Å². The summed E-state index contributed by atoms with van der Waals surface area (Å²) < 4.78 is 5.28. The Balaban J connectivity index is 1.77. The predicted molar refractivity (Wildman–Crippen MR) is 88.5 cm³/mol. The summed E-state index contributed by atoms with van der Waals surface area (Å²) in [5, 5.41) is 4.99. The SMILES string of the molecule is O=C(Nc1cc2ncccc2c2cccnc12)N1CCOCC1. The molecule has 0 unspecified atom stereocenters. The van der Waals surface area contributed by atoms with E-state index < -0.39 is 0 Å². The lowest BCUT2D eigenvalue weighted by atomic mass is 10.1. The van der Waals surface area contributed by atoms with Crippen LogP contribution >= 0.6 is 0 Å². The maximum absolute atomic E-state index is 12.5. The number of anilines is 1. The molecule has 6 nitrogen and oxygen atoms in total. The molecule has 1 fully saturated rings. The topological polar surface area (TPSA) is 67.4 Å². The lowest BCUT2D eigenvalue weighted by Crippen LogP contribution is -2.43. The molecule has 0 atom stereocenters. The van der Waals surface area contributed by atoms with E-state index in [0.717, 1.165) is 21.8 Å². The Morgan fingerprint density at radius 3 is 2.65 bits per heavy atom. The Hall–Kier alpha value is -2.73. The minimum Gasteiger partial charge on any atom is -0.378 e. The van der Waals surface area contributed by atoms with Gasteiger partial charge in [0.15, 0.2) is 0 Å². The molecule has 3 aromatic rings. The van der Waals surface area contributed by atoms with E-state index in [1.807, 2.05) is 30.3 Å². The number of aromatic nitrogens is 2.